The summed E-state index contributed by atoms with van der Waals surface area (Å²) in [6.45, 7) is 1.87. The number of hydrogen-bond donors (Lipinski definition) is 1. The molecule has 2 aromatic carbocycles. The minimum absolute atomic E-state index is 0.127. The molecular weight excluding hydrogens is 374 g/mol. The van der Waals surface area contributed by atoms with Crippen LogP contribution < -0.4 is 5.56 Å². The van der Waals surface area contributed by atoms with Crippen molar-refractivity contribution >= 4 is 17.0 Å². The third-order valence-corrected chi connectivity index (χ3v) is 5.66. The number of fused-ring (bicyclic) bond motifs is 1. The van der Waals surface area contributed by atoms with Crippen molar-refractivity contribution in [2.45, 2.75) is 26.2 Å². The molecule has 0 amide bonds. The number of aromatic nitrogens is 3. The first-order chi connectivity index (χ1) is 14.6. The molecule has 0 aliphatic heterocycles. The number of rotatable bonds is 3. The lowest BCUT2D eigenvalue weighted by molar-refractivity contribution is -0.118. The Kier molecular flexibility index (Phi) is 4.43. The molecule has 1 aliphatic rings. The number of nitrogens with zero attached hydrogens (tertiary/aromatic N) is 2. The standard InChI is InChI=1S/C25H21N3O2/c1-16-21(18-12-14-20(29)15-13-18)25(30)28-24(26-16)22(17-8-4-2-5-9-17)23(27-28)19-10-6-3-7-11-19/h2-12,27H,13-15H2,1H3. The van der Waals surface area contributed by atoms with Gasteiger partial charge in [0.25, 0.3) is 5.56 Å². The molecule has 5 heteroatoms. The van der Waals surface area contributed by atoms with Crippen LogP contribution in [0.15, 0.2) is 71.5 Å². The van der Waals surface area contributed by atoms with Gasteiger partial charge in [-0.2, -0.15) is 4.52 Å². The number of aryl methyl sites for hydroxylation is 1. The molecule has 0 atom stereocenters. The number of benzene rings is 2. The number of hydrogen-bond acceptors (Lipinski definition) is 3. The smallest absolute Gasteiger partial charge is 0.280 e. The second-order valence-corrected chi connectivity index (χ2v) is 7.60. The van der Waals surface area contributed by atoms with Crippen molar-refractivity contribution in [2.75, 3.05) is 0 Å². The summed E-state index contributed by atoms with van der Waals surface area (Å²) in [6, 6.07) is 20.0. The van der Waals surface area contributed by atoms with Crippen LogP contribution in [0.5, 0.6) is 0 Å². The normalized spacial score (nSPS) is 14.2. The Morgan fingerprint density at radius 1 is 0.867 bits per heavy atom. The van der Waals surface area contributed by atoms with Gasteiger partial charge in [0, 0.05) is 18.4 Å². The first kappa shape index (κ1) is 18.3. The molecule has 0 spiro atoms. The first-order valence-corrected chi connectivity index (χ1v) is 10.1. The predicted octanol–water partition coefficient (Wildman–Crippen LogP) is 4.80. The first-order valence-electron chi connectivity index (χ1n) is 10.1. The lowest BCUT2D eigenvalue weighted by Gasteiger charge is -2.13. The van der Waals surface area contributed by atoms with Crippen LogP contribution in [-0.2, 0) is 4.79 Å². The SMILES string of the molecule is Cc1nc2c(-c3ccccc3)c(-c3ccccc3)[nH]n2c(=O)c1C1=CCC(=O)CC1. The molecule has 0 bridgehead atoms. The van der Waals surface area contributed by atoms with Crippen LogP contribution in [0, 0.1) is 6.92 Å². The second-order valence-electron chi connectivity index (χ2n) is 7.60. The van der Waals surface area contributed by atoms with Crippen LogP contribution in [0.3, 0.4) is 0 Å². The van der Waals surface area contributed by atoms with Gasteiger partial charge in [-0.05, 0) is 24.5 Å². The fourth-order valence-corrected chi connectivity index (χ4v) is 4.18. The molecule has 1 N–H and O–H groups in total. The minimum atomic E-state index is -0.127. The van der Waals surface area contributed by atoms with Crippen LogP contribution in [-0.4, -0.2) is 20.4 Å². The fourth-order valence-electron chi connectivity index (χ4n) is 4.18. The van der Waals surface area contributed by atoms with E-state index in [1.165, 1.54) is 0 Å². The highest BCUT2D eigenvalue weighted by Gasteiger charge is 2.23. The van der Waals surface area contributed by atoms with Crippen LogP contribution in [0.4, 0.5) is 0 Å². The van der Waals surface area contributed by atoms with Crippen molar-refractivity contribution in [3.8, 4) is 22.4 Å². The van der Waals surface area contributed by atoms with E-state index in [0.29, 0.717) is 36.2 Å². The fraction of sp³-hybridized carbons (Fsp3) is 0.160. The molecule has 0 unspecified atom stereocenters. The molecule has 0 fully saturated rings. The average molecular weight is 395 g/mol. The highest BCUT2D eigenvalue weighted by molar-refractivity contribution is 5.91. The summed E-state index contributed by atoms with van der Waals surface area (Å²) in [6.07, 6.45) is 3.32. The molecule has 0 saturated carbocycles. The van der Waals surface area contributed by atoms with E-state index in [2.05, 4.69) is 5.10 Å². The summed E-state index contributed by atoms with van der Waals surface area (Å²) in [5.41, 5.74) is 6.43. The zero-order chi connectivity index (χ0) is 20.7. The third kappa shape index (κ3) is 2.99. The monoisotopic (exact) mass is 395 g/mol. The average Bonchev–Trinajstić information content (AvgIpc) is 3.16. The van der Waals surface area contributed by atoms with Crippen LogP contribution in [0.1, 0.15) is 30.5 Å². The molecule has 0 saturated heterocycles. The maximum absolute atomic E-state index is 13.5. The number of carbonyl (C=O) groups is 1. The zero-order valence-electron chi connectivity index (χ0n) is 16.7. The summed E-state index contributed by atoms with van der Waals surface area (Å²) in [5.74, 6) is 0.211. The van der Waals surface area contributed by atoms with Gasteiger partial charge in [0.15, 0.2) is 5.65 Å². The largest absolute Gasteiger partial charge is 0.299 e. The Morgan fingerprint density at radius 3 is 2.17 bits per heavy atom. The summed E-state index contributed by atoms with van der Waals surface area (Å²) >= 11 is 0. The molecule has 4 aromatic rings. The van der Waals surface area contributed by atoms with Crippen molar-refractivity contribution in [3.63, 3.8) is 0 Å². The van der Waals surface area contributed by atoms with Crippen molar-refractivity contribution < 1.29 is 4.79 Å². The van der Waals surface area contributed by atoms with E-state index in [9.17, 15) is 9.59 Å². The lowest BCUT2D eigenvalue weighted by Crippen LogP contribution is -2.22. The van der Waals surface area contributed by atoms with Gasteiger partial charge in [-0.25, -0.2) is 4.98 Å². The van der Waals surface area contributed by atoms with Crippen molar-refractivity contribution in [2.24, 2.45) is 0 Å². The van der Waals surface area contributed by atoms with Crippen LogP contribution in [0.2, 0.25) is 0 Å². The van der Waals surface area contributed by atoms with Gasteiger partial charge in [0.1, 0.15) is 5.78 Å². The predicted molar refractivity (Wildman–Crippen MR) is 118 cm³/mol. The highest BCUT2D eigenvalue weighted by atomic mass is 16.1. The quantitative estimate of drug-likeness (QED) is 0.542. The maximum atomic E-state index is 13.5. The Morgan fingerprint density at radius 2 is 1.53 bits per heavy atom. The molecule has 2 aromatic heterocycles. The molecule has 30 heavy (non-hydrogen) atoms. The lowest BCUT2D eigenvalue weighted by atomic mass is 9.93. The number of H-pyrrole nitrogens is 1. The number of aromatic amines is 1. The molecule has 2 heterocycles. The van der Waals surface area contributed by atoms with Gasteiger partial charge in [0.05, 0.1) is 22.5 Å². The molecule has 0 radical (unpaired) electrons. The minimum Gasteiger partial charge on any atom is -0.299 e. The molecular formula is C25H21N3O2. The summed E-state index contributed by atoms with van der Waals surface area (Å²) in [7, 11) is 0. The number of Topliss-reactive ketones (excluding diaryl/α,β-unsaturated/α-hetero) is 1. The van der Waals surface area contributed by atoms with E-state index in [1.54, 1.807) is 4.52 Å². The molecule has 5 nitrogen and oxygen atoms in total. The van der Waals surface area contributed by atoms with E-state index in [-0.39, 0.29) is 11.3 Å². The molecule has 148 valence electrons. The van der Waals surface area contributed by atoms with Gasteiger partial charge in [-0.15, -0.1) is 0 Å². The van der Waals surface area contributed by atoms with E-state index >= 15 is 0 Å². The zero-order valence-corrected chi connectivity index (χ0v) is 16.7. The van der Waals surface area contributed by atoms with Gasteiger partial charge >= 0.3 is 0 Å². The van der Waals surface area contributed by atoms with Gasteiger partial charge < -0.3 is 0 Å². The van der Waals surface area contributed by atoms with E-state index in [1.807, 2.05) is 73.7 Å². The Labute approximate surface area is 173 Å². The Balaban J connectivity index is 1.82. The number of carbonyl (C=O) groups excluding carboxylic acids is 1. The van der Waals surface area contributed by atoms with E-state index in [4.69, 9.17) is 4.98 Å². The van der Waals surface area contributed by atoms with Crippen molar-refractivity contribution in [3.05, 3.63) is 88.4 Å². The molecule has 5 rings (SSSR count). The van der Waals surface area contributed by atoms with E-state index in [0.717, 1.165) is 28.0 Å². The summed E-state index contributed by atoms with van der Waals surface area (Å²) in [5, 5.41) is 3.31. The van der Waals surface area contributed by atoms with Gasteiger partial charge in [0.2, 0.25) is 0 Å². The van der Waals surface area contributed by atoms with Crippen LogP contribution in [0.25, 0.3) is 33.6 Å². The van der Waals surface area contributed by atoms with Gasteiger partial charge in [-0.3, -0.25) is 14.7 Å². The van der Waals surface area contributed by atoms with Crippen LogP contribution >= 0.6 is 0 Å². The Bertz CT molecular complexity index is 1350. The maximum Gasteiger partial charge on any atom is 0.280 e. The second kappa shape index (κ2) is 7.26. The highest BCUT2D eigenvalue weighted by Crippen LogP contribution is 2.34. The van der Waals surface area contributed by atoms with E-state index < -0.39 is 0 Å². The number of nitrogens with one attached hydrogen (secondary N) is 1. The number of allylic oxidation sites excluding steroid dienone is 2. The summed E-state index contributed by atoms with van der Waals surface area (Å²) in [4.78, 5) is 30.0. The van der Waals surface area contributed by atoms with Gasteiger partial charge in [-0.1, -0.05) is 66.7 Å². The summed E-state index contributed by atoms with van der Waals surface area (Å²) < 4.78 is 1.55. The number of ketones is 1. The Hall–Kier alpha value is -3.73. The molecule has 1 aliphatic carbocycles. The third-order valence-electron chi connectivity index (χ3n) is 5.66. The van der Waals surface area contributed by atoms with Crippen molar-refractivity contribution in [1.82, 2.24) is 14.6 Å². The topological polar surface area (TPSA) is 67.2 Å². The van der Waals surface area contributed by atoms with Crippen molar-refractivity contribution in [1.29, 1.82) is 0 Å².